The lowest BCUT2D eigenvalue weighted by Crippen LogP contribution is -2.45. The fourth-order valence-electron chi connectivity index (χ4n) is 3.79. The van der Waals surface area contributed by atoms with Crippen LogP contribution < -0.4 is 5.32 Å². The number of sulfone groups is 1. The molecule has 0 aromatic carbocycles. The van der Waals surface area contributed by atoms with Crippen LogP contribution in [0.3, 0.4) is 0 Å². The summed E-state index contributed by atoms with van der Waals surface area (Å²) in [6, 6.07) is 0.358. The first-order valence-corrected chi connectivity index (χ1v) is 9.76. The Kier molecular flexibility index (Phi) is 6.31. The first kappa shape index (κ1) is 17.0. The van der Waals surface area contributed by atoms with Gasteiger partial charge in [-0.25, -0.2) is 8.42 Å². The highest BCUT2D eigenvalue weighted by molar-refractivity contribution is 7.90. The Morgan fingerprint density at radius 3 is 2.21 bits per heavy atom. The van der Waals surface area contributed by atoms with Gasteiger partial charge in [-0.3, -0.25) is 0 Å². The molecule has 3 nitrogen and oxygen atoms in total. The normalized spacial score (nSPS) is 20.9. The molecule has 1 rings (SSSR count). The van der Waals surface area contributed by atoms with Crippen molar-refractivity contribution in [3.8, 4) is 0 Å². The highest BCUT2D eigenvalue weighted by atomic mass is 32.2. The first-order valence-electron chi connectivity index (χ1n) is 7.70. The third-order valence-electron chi connectivity index (χ3n) is 4.38. The second-order valence-corrected chi connectivity index (χ2v) is 8.96. The molecule has 1 unspecified atom stereocenters. The van der Waals surface area contributed by atoms with Crippen molar-refractivity contribution in [1.29, 1.82) is 0 Å². The summed E-state index contributed by atoms with van der Waals surface area (Å²) in [5, 5.41) is 3.58. The SMILES string of the molecule is CCNC(CCS(C)(=O)=O)C1(CC(C)C)CCCC1. The Hall–Kier alpha value is -0.0900. The van der Waals surface area contributed by atoms with E-state index in [0.717, 1.165) is 13.0 Å². The molecule has 1 saturated carbocycles. The lowest BCUT2D eigenvalue weighted by molar-refractivity contribution is 0.153. The first-order chi connectivity index (χ1) is 8.79. The Morgan fingerprint density at radius 2 is 1.79 bits per heavy atom. The molecule has 0 aliphatic heterocycles. The zero-order valence-electron chi connectivity index (χ0n) is 13.0. The van der Waals surface area contributed by atoms with Crippen LogP contribution >= 0.6 is 0 Å². The summed E-state index contributed by atoms with van der Waals surface area (Å²) < 4.78 is 22.9. The molecule has 0 spiro atoms. The van der Waals surface area contributed by atoms with Crippen LogP contribution in [-0.4, -0.2) is 33.0 Å². The lowest BCUT2D eigenvalue weighted by atomic mass is 9.71. The van der Waals surface area contributed by atoms with E-state index in [1.165, 1.54) is 38.4 Å². The van der Waals surface area contributed by atoms with Crippen LogP contribution in [0, 0.1) is 11.3 Å². The van der Waals surface area contributed by atoms with E-state index in [-0.39, 0.29) is 0 Å². The second kappa shape index (κ2) is 7.07. The highest BCUT2D eigenvalue weighted by Crippen LogP contribution is 2.46. The summed E-state index contributed by atoms with van der Waals surface area (Å²) in [6.07, 6.45) is 8.44. The van der Waals surface area contributed by atoms with Gasteiger partial charge in [0.2, 0.25) is 0 Å². The van der Waals surface area contributed by atoms with Gasteiger partial charge in [0.1, 0.15) is 9.84 Å². The second-order valence-electron chi connectivity index (χ2n) is 6.70. The maximum absolute atomic E-state index is 11.5. The van der Waals surface area contributed by atoms with Crippen molar-refractivity contribution in [2.24, 2.45) is 11.3 Å². The standard InChI is InChI=1S/C15H31NO2S/c1-5-16-14(8-11-19(4,17)18)15(12-13(2)3)9-6-7-10-15/h13-14,16H,5-12H2,1-4H3. The largest absolute Gasteiger partial charge is 0.314 e. The van der Waals surface area contributed by atoms with Crippen molar-refractivity contribution in [2.75, 3.05) is 18.6 Å². The van der Waals surface area contributed by atoms with Crippen LogP contribution in [0.5, 0.6) is 0 Å². The third kappa shape index (κ3) is 5.42. The molecular weight excluding hydrogens is 258 g/mol. The zero-order valence-corrected chi connectivity index (χ0v) is 13.9. The molecule has 1 aliphatic rings. The van der Waals surface area contributed by atoms with Crippen LogP contribution in [0.15, 0.2) is 0 Å². The number of rotatable bonds is 8. The smallest absolute Gasteiger partial charge is 0.147 e. The molecule has 0 saturated heterocycles. The molecule has 1 atom stereocenters. The van der Waals surface area contributed by atoms with Gasteiger partial charge >= 0.3 is 0 Å². The van der Waals surface area contributed by atoms with Crippen LogP contribution in [-0.2, 0) is 9.84 Å². The number of hydrogen-bond donors (Lipinski definition) is 1. The molecule has 0 radical (unpaired) electrons. The molecule has 0 aromatic rings. The summed E-state index contributed by atoms with van der Waals surface area (Å²) in [5.41, 5.74) is 0.328. The molecule has 0 aromatic heterocycles. The van der Waals surface area contributed by atoms with Gasteiger partial charge in [-0.2, -0.15) is 0 Å². The highest BCUT2D eigenvalue weighted by Gasteiger charge is 2.41. The van der Waals surface area contributed by atoms with Gasteiger partial charge in [0.15, 0.2) is 0 Å². The van der Waals surface area contributed by atoms with E-state index in [9.17, 15) is 8.42 Å². The molecule has 4 heteroatoms. The molecule has 19 heavy (non-hydrogen) atoms. The van der Waals surface area contributed by atoms with Gasteiger partial charge in [-0.05, 0) is 43.6 Å². The lowest BCUT2D eigenvalue weighted by Gasteiger charge is -2.40. The maximum atomic E-state index is 11.5. The molecule has 0 bridgehead atoms. The maximum Gasteiger partial charge on any atom is 0.147 e. The van der Waals surface area contributed by atoms with Gasteiger partial charge in [0, 0.05) is 12.3 Å². The minimum absolute atomic E-state index is 0.310. The molecule has 1 N–H and O–H groups in total. The predicted octanol–water partition coefficient (Wildman–Crippen LogP) is 3.01. The van der Waals surface area contributed by atoms with Crippen LogP contribution in [0.1, 0.15) is 59.3 Å². The van der Waals surface area contributed by atoms with Crippen LogP contribution in [0.4, 0.5) is 0 Å². The van der Waals surface area contributed by atoms with E-state index >= 15 is 0 Å². The minimum Gasteiger partial charge on any atom is -0.314 e. The van der Waals surface area contributed by atoms with E-state index in [1.807, 2.05) is 0 Å². The molecule has 114 valence electrons. The Balaban J connectivity index is 2.80. The van der Waals surface area contributed by atoms with Gasteiger partial charge in [-0.1, -0.05) is 33.6 Å². The minimum atomic E-state index is -2.86. The average molecular weight is 289 g/mol. The van der Waals surface area contributed by atoms with Crippen LogP contribution in [0.25, 0.3) is 0 Å². The topological polar surface area (TPSA) is 46.2 Å². The van der Waals surface area contributed by atoms with Crippen molar-refractivity contribution < 1.29 is 8.42 Å². The van der Waals surface area contributed by atoms with E-state index in [0.29, 0.717) is 23.1 Å². The predicted molar refractivity (Wildman–Crippen MR) is 82.1 cm³/mol. The third-order valence-corrected chi connectivity index (χ3v) is 5.36. The molecular formula is C15H31NO2S. The van der Waals surface area contributed by atoms with Crippen molar-refractivity contribution in [2.45, 2.75) is 65.3 Å². The molecule has 1 aliphatic carbocycles. The van der Waals surface area contributed by atoms with E-state index in [1.54, 1.807) is 0 Å². The van der Waals surface area contributed by atoms with E-state index < -0.39 is 9.84 Å². The Morgan fingerprint density at radius 1 is 1.21 bits per heavy atom. The number of hydrogen-bond acceptors (Lipinski definition) is 3. The summed E-state index contributed by atoms with van der Waals surface area (Å²) in [6.45, 7) is 7.60. The fraction of sp³-hybridized carbons (Fsp3) is 1.00. The quantitative estimate of drug-likeness (QED) is 0.747. The molecule has 0 amide bonds. The van der Waals surface area contributed by atoms with Crippen molar-refractivity contribution >= 4 is 9.84 Å². The van der Waals surface area contributed by atoms with Gasteiger partial charge < -0.3 is 5.32 Å². The summed E-state index contributed by atoms with van der Waals surface area (Å²) in [4.78, 5) is 0. The molecule has 1 fully saturated rings. The average Bonchev–Trinajstić information content (AvgIpc) is 2.71. The summed E-state index contributed by atoms with van der Waals surface area (Å²) in [7, 11) is -2.86. The number of nitrogens with one attached hydrogen (secondary N) is 1. The van der Waals surface area contributed by atoms with Crippen molar-refractivity contribution in [3.05, 3.63) is 0 Å². The molecule has 0 heterocycles. The van der Waals surface area contributed by atoms with Crippen molar-refractivity contribution in [3.63, 3.8) is 0 Å². The van der Waals surface area contributed by atoms with Gasteiger partial charge in [-0.15, -0.1) is 0 Å². The van der Waals surface area contributed by atoms with Crippen LogP contribution in [0.2, 0.25) is 0 Å². The Bertz CT molecular complexity index is 356. The Labute approximate surface area is 119 Å². The van der Waals surface area contributed by atoms with E-state index in [2.05, 4.69) is 26.1 Å². The summed E-state index contributed by atoms with van der Waals surface area (Å²) >= 11 is 0. The fourth-order valence-corrected chi connectivity index (χ4v) is 4.45. The van der Waals surface area contributed by atoms with Gasteiger partial charge in [0.05, 0.1) is 5.75 Å². The van der Waals surface area contributed by atoms with Gasteiger partial charge in [0.25, 0.3) is 0 Å². The van der Waals surface area contributed by atoms with E-state index in [4.69, 9.17) is 0 Å². The zero-order chi connectivity index (χ0) is 14.5. The van der Waals surface area contributed by atoms with Crippen molar-refractivity contribution in [1.82, 2.24) is 5.32 Å². The monoisotopic (exact) mass is 289 g/mol. The summed E-state index contributed by atoms with van der Waals surface area (Å²) in [5.74, 6) is 0.988.